The van der Waals surface area contributed by atoms with E-state index >= 15 is 0 Å². The summed E-state index contributed by atoms with van der Waals surface area (Å²) in [7, 11) is 0. The molecule has 1 aliphatic heterocycles. The molecule has 5 nitrogen and oxygen atoms in total. The molecule has 0 amide bonds. The quantitative estimate of drug-likeness (QED) is 0.613. The fourth-order valence-corrected chi connectivity index (χ4v) is 4.04. The van der Waals surface area contributed by atoms with Gasteiger partial charge in [0.2, 0.25) is 0 Å². The number of hydrogen-bond acceptors (Lipinski definition) is 5. The third-order valence-corrected chi connectivity index (χ3v) is 5.78. The number of pyridine rings is 1. The van der Waals surface area contributed by atoms with E-state index in [2.05, 4.69) is 4.98 Å². The van der Waals surface area contributed by atoms with Gasteiger partial charge in [-0.25, -0.2) is 9.37 Å². The topological polar surface area (TPSA) is 65.5 Å². The number of carbonyl (C=O) groups excluding carboxylic acids is 1. The molecular formula is C21H18ClF4N2O3-. The molecule has 1 aromatic heterocycles. The molecule has 10 heteroatoms. The number of aromatic carboxylic acids is 1. The average molecular weight is 458 g/mol. The second-order valence-electron chi connectivity index (χ2n) is 8.41. The molecule has 2 fully saturated rings. The number of nitrogens with zero attached hydrogens (tertiary/aromatic N) is 2. The summed E-state index contributed by atoms with van der Waals surface area (Å²) in [6, 6.07) is 3.20. The molecule has 166 valence electrons. The van der Waals surface area contributed by atoms with E-state index in [0.717, 1.165) is 31.2 Å². The molecule has 0 spiro atoms. The zero-order valence-electron chi connectivity index (χ0n) is 16.4. The van der Waals surface area contributed by atoms with E-state index in [1.807, 2.05) is 6.92 Å². The van der Waals surface area contributed by atoms with Gasteiger partial charge in [0.15, 0.2) is 0 Å². The summed E-state index contributed by atoms with van der Waals surface area (Å²) in [5, 5.41) is 11.0. The summed E-state index contributed by atoms with van der Waals surface area (Å²) >= 11 is 6.00. The molecule has 1 saturated heterocycles. The van der Waals surface area contributed by atoms with Crippen LogP contribution in [0.15, 0.2) is 24.4 Å². The van der Waals surface area contributed by atoms with Crippen LogP contribution in [-0.4, -0.2) is 30.6 Å². The first-order valence-electron chi connectivity index (χ1n) is 9.62. The van der Waals surface area contributed by atoms with Crippen molar-refractivity contribution in [1.82, 2.24) is 4.98 Å². The highest BCUT2D eigenvalue weighted by atomic mass is 35.5. The second kappa shape index (κ2) is 7.55. The lowest BCUT2D eigenvalue weighted by atomic mass is 9.83. The van der Waals surface area contributed by atoms with Gasteiger partial charge in [-0.15, -0.1) is 0 Å². The lowest BCUT2D eigenvalue weighted by Crippen LogP contribution is -2.58. The number of carboxylic acids is 1. The van der Waals surface area contributed by atoms with E-state index in [-0.39, 0.29) is 28.8 Å². The fourth-order valence-electron chi connectivity index (χ4n) is 3.75. The number of aromatic nitrogens is 1. The molecule has 0 unspecified atom stereocenters. The Bertz CT molecular complexity index is 1030. The number of hydrogen-bond donors (Lipinski definition) is 0. The number of benzene rings is 1. The molecule has 2 heterocycles. The molecule has 2 aromatic rings. The lowest BCUT2D eigenvalue weighted by molar-refractivity contribution is -0.255. The smallest absolute Gasteiger partial charge is 0.417 e. The van der Waals surface area contributed by atoms with E-state index in [0.29, 0.717) is 24.4 Å². The Balaban J connectivity index is 1.43. The summed E-state index contributed by atoms with van der Waals surface area (Å²) in [5.41, 5.74) is -1.12. The molecule has 4 rings (SSSR count). The molecule has 1 aromatic carbocycles. The maximum absolute atomic E-state index is 14.1. The van der Waals surface area contributed by atoms with Crippen LogP contribution < -0.4 is 14.7 Å². The van der Waals surface area contributed by atoms with Crippen LogP contribution in [0.2, 0.25) is 5.02 Å². The molecule has 0 radical (unpaired) electrons. The van der Waals surface area contributed by atoms with Crippen LogP contribution in [0.4, 0.5) is 23.4 Å². The first-order valence-corrected chi connectivity index (χ1v) is 10.00. The summed E-state index contributed by atoms with van der Waals surface area (Å²) < 4.78 is 58.3. The van der Waals surface area contributed by atoms with E-state index in [4.69, 9.17) is 16.3 Å². The Morgan fingerprint density at radius 2 is 2.00 bits per heavy atom. The summed E-state index contributed by atoms with van der Waals surface area (Å²) in [4.78, 5) is 16.7. The van der Waals surface area contributed by atoms with Gasteiger partial charge in [0.05, 0.1) is 23.2 Å². The Hall–Kier alpha value is -2.55. The Kier molecular flexibility index (Phi) is 5.28. The summed E-state index contributed by atoms with van der Waals surface area (Å²) in [5.74, 6) is -1.80. The molecule has 2 aliphatic rings. The molecule has 0 atom stereocenters. The van der Waals surface area contributed by atoms with Crippen molar-refractivity contribution in [2.45, 2.75) is 31.9 Å². The van der Waals surface area contributed by atoms with Gasteiger partial charge in [-0.2, -0.15) is 13.2 Å². The minimum atomic E-state index is -4.52. The number of carboxylic acid groups (broad SMARTS) is 1. The zero-order valence-corrected chi connectivity index (χ0v) is 17.2. The molecule has 1 saturated carbocycles. The number of carbonyl (C=O) groups is 1. The number of alkyl halides is 3. The van der Waals surface area contributed by atoms with Crippen LogP contribution in [-0.2, 0) is 6.18 Å². The normalized spacial score (nSPS) is 17.9. The number of halogens is 5. The van der Waals surface area contributed by atoms with Crippen molar-refractivity contribution >= 4 is 23.4 Å². The van der Waals surface area contributed by atoms with Gasteiger partial charge in [0.1, 0.15) is 17.4 Å². The van der Waals surface area contributed by atoms with Crippen LogP contribution in [0, 0.1) is 11.2 Å². The second-order valence-corrected chi connectivity index (χ2v) is 8.82. The highest BCUT2D eigenvalue weighted by Gasteiger charge is 2.42. The van der Waals surface area contributed by atoms with Gasteiger partial charge in [-0.1, -0.05) is 18.5 Å². The van der Waals surface area contributed by atoms with Gasteiger partial charge < -0.3 is 19.5 Å². The van der Waals surface area contributed by atoms with Crippen molar-refractivity contribution in [2.24, 2.45) is 5.41 Å². The van der Waals surface area contributed by atoms with E-state index < -0.39 is 29.1 Å². The van der Waals surface area contributed by atoms with Crippen molar-refractivity contribution in [2.75, 3.05) is 24.6 Å². The zero-order chi connectivity index (χ0) is 22.6. The maximum atomic E-state index is 14.1. The molecule has 1 aliphatic carbocycles. The van der Waals surface area contributed by atoms with Gasteiger partial charge in [-0.3, -0.25) is 0 Å². The van der Waals surface area contributed by atoms with E-state index in [1.54, 1.807) is 4.90 Å². The predicted octanol–water partition coefficient (Wildman–Crippen LogP) is 4.04. The van der Waals surface area contributed by atoms with Crippen molar-refractivity contribution in [3.8, 4) is 5.75 Å². The lowest BCUT2D eigenvalue weighted by Gasteiger charge is -2.48. The molecular weight excluding hydrogens is 440 g/mol. The fraction of sp³-hybridized carbons (Fsp3) is 0.429. The van der Waals surface area contributed by atoms with Crippen LogP contribution in [0.25, 0.3) is 0 Å². The van der Waals surface area contributed by atoms with Gasteiger partial charge in [0, 0.05) is 36.3 Å². The van der Waals surface area contributed by atoms with E-state index in [1.165, 1.54) is 6.07 Å². The van der Waals surface area contributed by atoms with Gasteiger partial charge >= 0.3 is 6.18 Å². The Morgan fingerprint density at radius 1 is 1.32 bits per heavy atom. The van der Waals surface area contributed by atoms with Crippen molar-refractivity contribution in [1.29, 1.82) is 0 Å². The summed E-state index contributed by atoms with van der Waals surface area (Å²) in [6.07, 6.45) is -2.03. The number of ether oxygens (including phenoxy) is 1. The Morgan fingerprint density at radius 3 is 2.55 bits per heavy atom. The van der Waals surface area contributed by atoms with Crippen LogP contribution in [0.5, 0.6) is 5.75 Å². The van der Waals surface area contributed by atoms with Crippen molar-refractivity contribution in [3.63, 3.8) is 0 Å². The minimum absolute atomic E-state index is 0.0891. The van der Waals surface area contributed by atoms with Gasteiger partial charge in [-0.05, 0) is 36.5 Å². The first-order chi connectivity index (χ1) is 14.5. The van der Waals surface area contributed by atoms with Crippen LogP contribution in [0.3, 0.4) is 0 Å². The largest absolute Gasteiger partial charge is 0.545 e. The third-order valence-electron chi connectivity index (χ3n) is 5.51. The van der Waals surface area contributed by atoms with E-state index in [9.17, 15) is 27.5 Å². The maximum Gasteiger partial charge on any atom is 0.417 e. The first kappa shape index (κ1) is 21.7. The van der Waals surface area contributed by atoms with Crippen molar-refractivity contribution in [3.05, 3.63) is 51.9 Å². The molecule has 0 N–H and O–H groups in total. The SMILES string of the molecule is CC1(COc2cc(F)c(C(=O)[O-])cc2C2CC2)CN(c2ncc(C(F)(F)F)cc2Cl)C1. The van der Waals surface area contributed by atoms with Crippen molar-refractivity contribution < 1.29 is 32.2 Å². The minimum Gasteiger partial charge on any atom is -0.545 e. The monoisotopic (exact) mass is 457 g/mol. The summed E-state index contributed by atoms with van der Waals surface area (Å²) in [6.45, 7) is 3.00. The molecule has 0 bridgehead atoms. The molecule has 31 heavy (non-hydrogen) atoms. The third kappa shape index (κ3) is 4.42. The number of anilines is 1. The predicted molar refractivity (Wildman–Crippen MR) is 103 cm³/mol. The highest BCUT2D eigenvalue weighted by Crippen LogP contribution is 2.46. The highest BCUT2D eigenvalue weighted by molar-refractivity contribution is 6.33. The van der Waals surface area contributed by atoms with Gasteiger partial charge in [0.25, 0.3) is 0 Å². The Labute approximate surface area is 180 Å². The number of rotatable bonds is 6. The average Bonchev–Trinajstić information content (AvgIpc) is 3.48. The standard InChI is InChI=1S/C21H19ClF4N2O3/c1-20(8-28(9-20)18-15(22)4-12(7-27-18)21(24,25)26)10-31-17-6-16(23)14(19(29)30)5-13(17)11-2-3-11/h4-7,11H,2-3,8-10H2,1H3,(H,29,30)/p-1. The van der Waals surface area contributed by atoms with Crippen LogP contribution >= 0.6 is 11.6 Å². The van der Waals surface area contributed by atoms with Crippen LogP contribution in [0.1, 0.15) is 47.2 Å².